The van der Waals surface area contributed by atoms with Crippen LogP contribution in [-0.4, -0.2) is 29.5 Å². The van der Waals surface area contributed by atoms with E-state index in [0.29, 0.717) is 17.3 Å². The molecule has 2 N–H and O–H groups in total. The smallest absolute Gasteiger partial charge is 0.269 e. The Labute approximate surface area is 173 Å². The minimum Gasteiger partial charge on any atom is -0.497 e. The number of halogens is 1. The number of hydrogen-bond donors (Lipinski definition) is 2. The van der Waals surface area contributed by atoms with Gasteiger partial charge in [0.25, 0.3) is 5.91 Å². The van der Waals surface area contributed by atoms with E-state index in [1.807, 2.05) is 48.7 Å². The summed E-state index contributed by atoms with van der Waals surface area (Å²) >= 11 is 5.99. The van der Waals surface area contributed by atoms with Crippen LogP contribution in [0.5, 0.6) is 5.75 Å². The van der Waals surface area contributed by atoms with E-state index in [2.05, 4.69) is 21.4 Å². The van der Waals surface area contributed by atoms with E-state index >= 15 is 0 Å². The summed E-state index contributed by atoms with van der Waals surface area (Å²) < 4.78 is 5.28. The van der Waals surface area contributed by atoms with Gasteiger partial charge in [0, 0.05) is 40.8 Å². The topological polar surface area (TPSA) is 67.0 Å². The first-order valence-corrected chi connectivity index (χ1v) is 9.63. The molecule has 6 heteroatoms. The van der Waals surface area contributed by atoms with Crippen molar-refractivity contribution in [3.05, 3.63) is 94.9 Å². The summed E-state index contributed by atoms with van der Waals surface area (Å²) in [7, 11) is 1.64. The van der Waals surface area contributed by atoms with Crippen molar-refractivity contribution in [2.45, 2.75) is 5.92 Å². The molecule has 5 nitrogen and oxygen atoms in total. The Balaban J connectivity index is 1.65. The van der Waals surface area contributed by atoms with Crippen LogP contribution in [0, 0.1) is 0 Å². The molecule has 1 unspecified atom stereocenters. The molecule has 146 valence electrons. The number of nitrogens with zero attached hydrogens (tertiary/aromatic N) is 1. The maximum atomic E-state index is 12.6. The average Bonchev–Trinajstić information content (AvgIpc) is 3.18. The fourth-order valence-electron chi connectivity index (χ4n) is 3.44. The normalized spacial score (nSPS) is 11.9. The third kappa shape index (κ3) is 4.10. The summed E-state index contributed by atoms with van der Waals surface area (Å²) in [5.41, 5.74) is 3.55. The first-order chi connectivity index (χ1) is 14.2. The summed E-state index contributed by atoms with van der Waals surface area (Å²) in [4.78, 5) is 20.0. The predicted molar refractivity (Wildman–Crippen MR) is 115 cm³/mol. The van der Waals surface area contributed by atoms with Gasteiger partial charge in [0.15, 0.2) is 0 Å². The third-order valence-electron chi connectivity index (χ3n) is 4.94. The molecule has 0 aliphatic heterocycles. The number of amides is 1. The lowest BCUT2D eigenvalue weighted by atomic mass is 9.90. The van der Waals surface area contributed by atoms with Gasteiger partial charge in [0.05, 0.1) is 7.11 Å². The second kappa shape index (κ2) is 8.37. The molecule has 0 bridgehead atoms. The predicted octanol–water partition coefficient (Wildman–Crippen LogP) is 4.79. The highest BCUT2D eigenvalue weighted by atomic mass is 35.5. The highest BCUT2D eigenvalue weighted by Gasteiger charge is 2.20. The van der Waals surface area contributed by atoms with Gasteiger partial charge >= 0.3 is 0 Å². The maximum absolute atomic E-state index is 12.6. The number of hydrogen-bond acceptors (Lipinski definition) is 3. The molecule has 29 heavy (non-hydrogen) atoms. The zero-order chi connectivity index (χ0) is 20.2. The van der Waals surface area contributed by atoms with Crippen molar-refractivity contribution in [1.82, 2.24) is 15.3 Å². The number of benzene rings is 2. The number of pyridine rings is 1. The molecular weight excluding hydrogens is 386 g/mol. The lowest BCUT2D eigenvalue weighted by Crippen LogP contribution is -2.29. The zero-order valence-corrected chi connectivity index (χ0v) is 16.6. The van der Waals surface area contributed by atoms with Crippen molar-refractivity contribution in [2.75, 3.05) is 13.7 Å². The second-order valence-electron chi connectivity index (χ2n) is 6.68. The van der Waals surface area contributed by atoms with Gasteiger partial charge in [-0.2, -0.15) is 0 Å². The van der Waals surface area contributed by atoms with Gasteiger partial charge in [0.1, 0.15) is 11.4 Å². The van der Waals surface area contributed by atoms with Gasteiger partial charge < -0.3 is 15.0 Å². The first-order valence-electron chi connectivity index (χ1n) is 9.25. The molecule has 0 saturated carbocycles. The third-order valence-corrected chi connectivity index (χ3v) is 5.17. The minimum absolute atomic E-state index is 0.0415. The minimum atomic E-state index is -0.258. The number of aromatic amines is 1. The van der Waals surface area contributed by atoms with Crippen LogP contribution < -0.4 is 10.1 Å². The van der Waals surface area contributed by atoms with Gasteiger partial charge in [0.2, 0.25) is 0 Å². The number of carbonyl (C=O) groups is 1. The number of rotatable bonds is 6. The van der Waals surface area contributed by atoms with Crippen LogP contribution in [0.4, 0.5) is 0 Å². The molecule has 0 fully saturated rings. The largest absolute Gasteiger partial charge is 0.497 e. The number of nitrogens with one attached hydrogen (secondary N) is 2. The Hall–Kier alpha value is -3.31. The number of fused-ring (bicyclic) bond motifs is 1. The Kier molecular flexibility index (Phi) is 5.49. The number of ether oxygens (including phenoxy) is 1. The van der Waals surface area contributed by atoms with Crippen LogP contribution in [0.1, 0.15) is 27.5 Å². The van der Waals surface area contributed by atoms with Crippen molar-refractivity contribution in [3.63, 3.8) is 0 Å². The molecule has 2 aromatic heterocycles. The number of aromatic nitrogens is 2. The van der Waals surface area contributed by atoms with E-state index in [0.717, 1.165) is 27.8 Å². The van der Waals surface area contributed by atoms with Gasteiger partial charge in [-0.3, -0.25) is 9.78 Å². The van der Waals surface area contributed by atoms with Gasteiger partial charge in [-0.1, -0.05) is 41.9 Å². The summed E-state index contributed by atoms with van der Waals surface area (Å²) in [6.07, 6.45) is 3.53. The van der Waals surface area contributed by atoms with Crippen LogP contribution >= 0.6 is 11.6 Å². The van der Waals surface area contributed by atoms with E-state index in [4.69, 9.17) is 16.3 Å². The highest BCUT2D eigenvalue weighted by molar-refractivity contribution is 6.30. The maximum Gasteiger partial charge on any atom is 0.269 e. The second-order valence-corrected chi connectivity index (χ2v) is 7.12. The van der Waals surface area contributed by atoms with Crippen LogP contribution in [0.25, 0.3) is 10.9 Å². The van der Waals surface area contributed by atoms with Crippen LogP contribution in [-0.2, 0) is 0 Å². The Bertz CT molecular complexity index is 1140. The summed E-state index contributed by atoms with van der Waals surface area (Å²) in [6.45, 7) is 0.418. The molecule has 4 aromatic rings. The van der Waals surface area contributed by atoms with Crippen LogP contribution in [0.15, 0.2) is 73.1 Å². The Morgan fingerprint density at radius 1 is 1.17 bits per heavy atom. The number of methoxy groups -OCH3 is 1. The quantitative estimate of drug-likeness (QED) is 0.484. The van der Waals surface area contributed by atoms with Gasteiger partial charge in [-0.25, -0.2) is 0 Å². The Morgan fingerprint density at radius 3 is 2.72 bits per heavy atom. The van der Waals surface area contributed by atoms with Crippen molar-refractivity contribution >= 4 is 28.4 Å². The average molecular weight is 406 g/mol. The molecular formula is C23H20ClN3O2. The van der Waals surface area contributed by atoms with E-state index in [1.54, 1.807) is 19.2 Å². The van der Waals surface area contributed by atoms with E-state index in [1.165, 1.54) is 6.20 Å². The molecule has 0 spiro atoms. The van der Waals surface area contributed by atoms with Crippen LogP contribution in [0.3, 0.4) is 0 Å². The number of para-hydroxylation sites is 1. The molecule has 0 aliphatic rings. The Morgan fingerprint density at radius 2 is 1.97 bits per heavy atom. The summed E-state index contributed by atoms with van der Waals surface area (Å²) in [6, 6.07) is 19.2. The van der Waals surface area contributed by atoms with Crippen LogP contribution in [0.2, 0.25) is 5.02 Å². The lowest BCUT2D eigenvalue weighted by Gasteiger charge is -2.18. The zero-order valence-electron chi connectivity index (χ0n) is 15.9. The first kappa shape index (κ1) is 19.0. The monoisotopic (exact) mass is 405 g/mol. The molecule has 0 saturated heterocycles. The molecule has 2 aromatic carbocycles. The molecule has 1 amide bonds. The summed E-state index contributed by atoms with van der Waals surface area (Å²) in [5.74, 6) is 0.490. The van der Waals surface area contributed by atoms with E-state index in [-0.39, 0.29) is 11.8 Å². The highest BCUT2D eigenvalue weighted by Crippen LogP contribution is 2.31. The lowest BCUT2D eigenvalue weighted by molar-refractivity contribution is 0.0947. The van der Waals surface area contributed by atoms with E-state index in [9.17, 15) is 4.79 Å². The number of H-pyrrole nitrogens is 1. The number of carbonyl (C=O) groups excluding carboxylic acids is 1. The molecule has 4 rings (SSSR count). The van der Waals surface area contributed by atoms with Gasteiger partial charge in [-0.15, -0.1) is 0 Å². The van der Waals surface area contributed by atoms with Crippen molar-refractivity contribution in [2.24, 2.45) is 0 Å². The molecule has 0 aliphatic carbocycles. The van der Waals surface area contributed by atoms with Crippen molar-refractivity contribution < 1.29 is 9.53 Å². The van der Waals surface area contributed by atoms with Crippen molar-refractivity contribution in [1.29, 1.82) is 0 Å². The SMILES string of the molecule is COc1ccc(C(CNC(=O)c2cc(Cl)ccn2)c2c[nH]c3ccccc23)cc1. The fraction of sp³-hybridized carbons (Fsp3) is 0.130. The van der Waals surface area contributed by atoms with E-state index < -0.39 is 0 Å². The molecule has 1 atom stereocenters. The fourth-order valence-corrected chi connectivity index (χ4v) is 3.60. The molecule has 0 radical (unpaired) electrons. The summed E-state index contributed by atoms with van der Waals surface area (Å²) in [5, 5.41) is 4.61. The standard InChI is InChI=1S/C23H20ClN3O2/c1-29-17-8-6-15(7-9-17)19(20-14-26-21-5-3-2-4-18(20)21)13-27-23(28)22-12-16(24)10-11-25-22/h2-12,14,19,26H,13H2,1H3,(H,27,28). The molecule has 2 heterocycles. The van der Waals surface area contributed by atoms with Gasteiger partial charge in [-0.05, 0) is 41.5 Å². The van der Waals surface area contributed by atoms with Crippen molar-refractivity contribution in [3.8, 4) is 5.75 Å².